The average Bonchev–Trinajstić information content (AvgIpc) is 3.57. The van der Waals surface area contributed by atoms with Crippen molar-refractivity contribution >= 4 is 68.2 Å². The van der Waals surface area contributed by atoms with Gasteiger partial charge in [0.05, 0.1) is 18.7 Å². The summed E-state index contributed by atoms with van der Waals surface area (Å²) in [6.07, 6.45) is 6.99. The Balaban J connectivity index is 1.49. The standard InChI is InChI=1S/C38H27F6NOS2/c1-21-30(18-14-24-6-9-27(20-45)10-7-24)47-22(2)32(21)34-35(37(41,42)38(43,44)36(34,39)40)33-23(3)48-31-19-26(13-17-29(31)33)8-5-25-11-15-28(46-4)16-12-25/h5-19H,1-4H3. The molecule has 0 N–H and O–H groups in total. The van der Waals surface area contributed by atoms with E-state index < -0.39 is 28.9 Å². The zero-order valence-electron chi connectivity index (χ0n) is 26.1. The summed E-state index contributed by atoms with van der Waals surface area (Å²) in [5, 5.41) is 9.23. The van der Waals surface area contributed by atoms with Gasteiger partial charge < -0.3 is 4.74 Å². The van der Waals surface area contributed by atoms with E-state index in [0.717, 1.165) is 33.8 Å². The number of ether oxygens (including phenoxy) is 1. The molecule has 0 radical (unpaired) electrons. The van der Waals surface area contributed by atoms with Gasteiger partial charge in [0.1, 0.15) is 5.75 Å². The van der Waals surface area contributed by atoms with Crippen LogP contribution in [0.15, 0.2) is 66.7 Å². The molecule has 0 spiro atoms. The Labute approximate surface area is 281 Å². The predicted octanol–water partition coefficient (Wildman–Crippen LogP) is 11.9. The van der Waals surface area contributed by atoms with E-state index in [1.54, 1.807) is 55.7 Å². The van der Waals surface area contributed by atoms with Gasteiger partial charge in [0.25, 0.3) is 0 Å². The molecule has 3 aromatic carbocycles. The number of hydrogen-bond acceptors (Lipinski definition) is 4. The van der Waals surface area contributed by atoms with Crippen LogP contribution in [0, 0.1) is 32.1 Å². The van der Waals surface area contributed by atoms with E-state index in [-0.39, 0.29) is 31.8 Å². The Morgan fingerprint density at radius 3 is 1.79 bits per heavy atom. The maximum Gasteiger partial charge on any atom is 0.380 e. The normalized spacial score (nSPS) is 16.8. The van der Waals surface area contributed by atoms with Gasteiger partial charge in [-0.2, -0.15) is 31.6 Å². The van der Waals surface area contributed by atoms with Crippen LogP contribution in [0.1, 0.15) is 53.6 Å². The van der Waals surface area contributed by atoms with Crippen molar-refractivity contribution in [3.63, 3.8) is 0 Å². The first-order chi connectivity index (χ1) is 22.7. The third kappa shape index (κ3) is 5.35. The Morgan fingerprint density at radius 1 is 0.667 bits per heavy atom. The molecule has 2 heterocycles. The molecule has 0 saturated heterocycles. The fraction of sp³-hybridized carbons (Fsp3) is 0.184. The second kappa shape index (κ2) is 12.1. The zero-order chi connectivity index (χ0) is 34.6. The summed E-state index contributed by atoms with van der Waals surface area (Å²) >= 11 is 2.15. The van der Waals surface area contributed by atoms with Gasteiger partial charge in [-0.15, -0.1) is 22.7 Å². The lowest BCUT2D eigenvalue weighted by atomic mass is 9.91. The van der Waals surface area contributed by atoms with Crippen LogP contribution in [-0.2, 0) is 0 Å². The molecule has 0 saturated carbocycles. The molecule has 0 bridgehead atoms. The molecule has 10 heteroatoms. The number of nitriles is 1. The lowest BCUT2D eigenvalue weighted by Gasteiger charge is -2.26. The number of allylic oxidation sites excluding steroid dienone is 2. The molecule has 6 rings (SSSR count). The van der Waals surface area contributed by atoms with Crippen molar-refractivity contribution in [1.29, 1.82) is 5.26 Å². The molecule has 0 atom stereocenters. The average molecular weight is 692 g/mol. The van der Waals surface area contributed by atoms with Crippen molar-refractivity contribution in [2.75, 3.05) is 7.11 Å². The maximum absolute atomic E-state index is 15.9. The van der Waals surface area contributed by atoms with E-state index >= 15 is 26.3 Å². The van der Waals surface area contributed by atoms with Crippen molar-refractivity contribution in [2.45, 2.75) is 38.5 Å². The van der Waals surface area contributed by atoms with E-state index in [4.69, 9.17) is 10.00 Å². The van der Waals surface area contributed by atoms with Crippen LogP contribution in [0.4, 0.5) is 26.3 Å². The summed E-state index contributed by atoms with van der Waals surface area (Å²) in [6.45, 7) is 4.44. The van der Waals surface area contributed by atoms with Crippen LogP contribution in [0.3, 0.4) is 0 Å². The third-order valence-corrected chi connectivity index (χ3v) is 10.7. The SMILES string of the molecule is COc1ccc(C=Cc2ccc3c(C4=C(c5c(C)sc(C=Cc6ccc(C#N)cc6)c5C)C(F)(F)C(F)(F)C4(F)F)c(C)sc3c2)cc1. The van der Waals surface area contributed by atoms with Gasteiger partial charge in [-0.3, -0.25) is 0 Å². The first kappa shape index (κ1) is 33.3. The zero-order valence-corrected chi connectivity index (χ0v) is 27.7. The number of rotatable bonds is 7. The van der Waals surface area contributed by atoms with Crippen molar-refractivity contribution < 1.29 is 31.1 Å². The Kier molecular flexibility index (Phi) is 8.42. The second-order valence-electron chi connectivity index (χ2n) is 11.5. The number of fused-ring (bicyclic) bond motifs is 1. The molecule has 1 aliphatic carbocycles. The van der Waals surface area contributed by atoms with Crippen LogP contribution < -0.4 is 4.74 Å². The van der Waals surface area contributed by atoms with E-state index in [9.17, 15) is 0 Å². The number of methoxy groups -OCH3 is 1. The summed E-state index contributed by atoms with van der Waals surface area (Å²) < 4.78 is 99.8. The highest BCUT2D eigenvalue weighted by atomic mass is 32.1. The van der Waals surface area contributed by atoms with Gasteiger partial charge in [-0.1, -0.05) is 54.6 Å². The van der Waals surface area contributed by atoms with E-state index in [1.165, 1.54) is 26.8 Å². The Hall–Kier alpha value is -4.59. The van der Waals surface area contributed by atoms with Crippen molar-refractivity contribution in [2.24, 2.45) is 0 Å². The first-order valence-electron chi connectivity index (χ1n) is 14.7. The lowest BCUT2D eigenvalue weighted by molar-refractivity contribution is -0.254. The fourth-order valence-corrected chi connectivity index (χ4v) is 8.19. The van der Waals surface area contributed by atoms with Gasteiger partial charge in [-0.25, -0.2) is 0 Å². The lowest BCUT2D eigenvalue weighted by Crippen LogP contribution is -2.49. The number of nitrogens with zero attached hydrogens (tertiary/aromatic N) is 1. The highest BCUT2D eigenvalue weighted by Gasteiger charge is 2.80. The summed E-state index contributed by atoms with van der Waals surface area (Å²) in [7, 11) is 1.57. The molecule has 5 aromatic rings. The van der Waals surface area contributed by atoms with Gasteiger partial charge in [-0.05, 0) is 79.4 Å². The summed E-state index contributed by atoms with van der Waals surface area (Å²) in [5.74, 6) is -15.3. The number of thiophene rings is 2. The summed E-state index contributed by atoms with van der Waals surface area (Å²) in [6, 6.07) is 20.9. The number of benzene rings is 3. The molecule has 244 valence electrons. The molecule has 2 nitrogen and oxygen atoms in total. The van der Waals surface area contributed by atoms with Crippen LogP contribution in [0.5, 0.6) is 5.75 Å². The Bertz CT molecular complexity index is 2180. The van der Waals surface area contributed by atoms with Crippen molar-refractivity contribution in [3.8, 4) is 11.8 Å². The molecule has 0 unspecified atom stereocenters. The molecular formula is C38H27F6NOS2. The largest absolute Gasteiger partial charge is 0.497 e. The van der Waals surface area contributed by atoms with Gasteiger partial charge in [0.15, 0.2) is 0 Å². The first-order valence-corrected chi connectivity index (χ1v) is 16.4. The van der Waals surface area contributed by atoms with Gasteiger partial charge >= 0.3 is 17.8 Å². The maximum atomic E-state index is 15.9. The number of hydrogen-bond donors (Lipinski definition) is 0. The predicted molar refractivity (Wildman–Crippen MR) is 184 cm³/mol. The molecular weight excluding hydrogens is 665 g/mol. The Morgan fingerprint density at radius 2 is 1.19 bits per heavy atom. The molecule has 2 aromatic heterocycles. The van der Waals surface area contributed by atoms with Crippen LogP contribution in [0.2, 0.25) is 0 Å². The van der Waals surface area contributed by atoms with E-state index in [2.05, 4.69) is 0 Å². The molecule has 0 aliphatic heterocycles. The van der Waals surface area contributed by atoms with Gasteiger partial charge in [0.2, 0.25) is 0 Å². The van der Waals surface area contributed by atoms with E-state index in [1.807, 2.05) is 42.5 Å². The number of halogens is 6. The topological polar surface area (TPSA) is 33.0 Å². The van der Waals surface area contributed by atoms with Crippen molar-refractivity contribution in [1.82, 2.24) is 0 Å². The number of alkyl halides is 6. The monoisotopic (exact) mass is 691 g/mol. The quantitative estimate of drug-likeness (QED) is 0.126. The molecule has 48 heavy (non-hydrogen) atoms. The van der Waals surface area contributed by atoms with Crippen LogP contribution >= 0.6 is 22.7 Å². The molecule has 0 fully saturated rings. The van der Waals surface area contributed by atoms with Crippen LogP contribution in [0.25, 0.3) is 45.5 Å². The highest BCUT2D eigenvalue weighted by molar-refractivity contribution is 7.19. The summed E-state index contributed by atoms with van der Waals surface area (Å²) in [5.41, 5.74) is -0.294. The second-order valence-corrected chi connectivity index (χ2v) is 14.0. The minimum Gasteiger partial charge on any atom is -0.497 e. The van der Waals surface area contributed by atoms with Crippen LogP contribution in [-0.4, -0.2) is 24.9 Å². The molecule has 0 amide bonds. The highest BCUT2D eigenvalue weighted by Crippen LogP contribution is 2.66. The minimum atomic E-state index is -5.66. The smallest absolute Gasteiger partial charge is 0.380 e. The molecule has 1 aliphatic rings. The third-order valence-electron chi connectivity index (χ3n) is 8.47. The van der Waals surface area contributed by atoms with Gasteiger partial charge in [0, 0.05) is 47.0 Å². The van der Waals surface area contributed by atoms with Crippen molar-refractivity contribution in [3.05, 3.63) is 120 Å². The minimum absolute atomic E-state index is 0.200. The number of aryl methyl sites for hydroxylation is 2. The fourth-order valence-electron chi connectivity index (χ4n) is 5.99. The van der Waals surface area contributed by atoms with E-state index in [0.29, 0.717) is 26.5 Å². The summed E-state index contributed by atoms with van der Waals surface area (Å²) in [4.78, 5) is 0.914.